The molecule has 0 aliphatic carbocycles. The van der Waals surface area contributed by atoms with Gasteiger partial charge in [-0.15, -0.1) is 0 Å². The number of nitrogens with zero attached hydrogens (tertiary/aromatic N) is 1. The third-order valence-corrected chi connectivity index (χ3v) is 6.85. The maximum Gasteiger partial charge on any atom is 0.255 e. The van der Waals surface area contributed by atoms with Crippen LogP contribution in [0.1, 0.15) is 29.6 Å². The minimum absolute atomic E-state index is 0.0629. The van der Waals surface area contributed by atoms with Crippen LogP contribution in [-0.2, 0) is 10.0 Å². The summed E-state index contributed by atoms with van der Waals surface area (Å²) in [6.45, 7) is 0.219. The summed E-state index contributed by atoms with van der Waals surface area (Å²) in [5.74, 6) is -2.33. The Hall–Kier alpha value is -2.07. The molecular formula is C19H19ClF2N2O4S. The number of carbonyl (C=O) groups is 1. The molecule has 0 saturated carbocycles. The van der Waals surface area contributed by atoms with Crippen LogP contribution >= 0.6 is 11.6 Å². The van der Waals surface area contributed by atoms with Gasteiger partial charge in [0.1, 0.15) is 16.5 Å². The lowest BCUT2D eigenvalue weighted by Crippen LogP contribution is -2.33. The van der Waals surface area contributed by atoms with E-state index in [9.17, 15) is 27.1 Å². The number of benzene rings is 2. The molecule has 1 aliphatic rings. The van der Waals surface area contributed by atoms with E-state index in [1.54, 1.807) is 0 Å². The topological polar surface area (TPSA) is 86.7 Å². The fourth-order valence-corrected chi connectivity index (χ4v) is 4.82. The van der Waals surface area contributed by atoms with Crippen LogP contribution in [0.5, 0.6) is 0 Å². The highest BCUT2D eigenvalue weighted by Crippen LogP contribution is 2.25. The van der Waals surface area contributed by atoms with Crippen molar-refractivity contribution in [1.29, 1.82) is 0 Å². The van der Waals surface area contributed by atoms with Gasteiger partial charge in [0.2, 0.25) is 10.0 Å². The van der Waals surface area contributed by atoms with E-state index >= 15 is 0 Å². The minimum atomic E-state index is -4.18. The van der Waals surface area contributed by atoms with E-state index in [4.69, 9.17) is 11.6 Å². The zero-order valence-corrected chi connectivity index (χ0v) is 16.8. The number of hydrogen-bond donors (Lipinski definition) is 2. The summed E-state index contributed by atoms with van der Waals surface area (Å²) in [6, 6.07) is 6.60. The number of amides is 1. The number of aliphatic hydroxyl groups excluding tert-OH is 1. The van der Waals surface area contributed by atoms with Crippen LogP contribution in [0.4, 0.5) is 14.5 Å². The molecule has 2 aromatic carbocycles. The highest BCUT2D eigenvalue weighted by Gasteiger charge is 2.30. The second kappa shape index (κ2) is 8.74. The Balaban J connectivity index is 1.86. The van der Waals surface area contributed by atoms with E-state index < -0.39 is 38.6 Å². The normalized spacial score (nSPS) is 18.3. The summed E-state index contributed by atoms with van der Waals surface area (Å²) in [5.41, 5.74) is 0.122. The fourth-order valence-electron chi connectivity index (χ4n) is 3.05. The number of sulfonamides is 1. The van der Waals surface area contributed by atoms with E-state index in [1.807, 2.05) is 0 Å². The molecule has 6 nitrogen and oxygen atoms in total. The van der Waals surface area contributed by atoms with Gasteiger partial charge in [0, 0.05) is 24.3 Å². The molecule has 3 rings (SSSR count). The van der Waals surface area contributed by atoms with Gasteiger partial charge in [0.25, 0.3) is 5.91 Å². The Morgan fingerprint density at radius 2 is 1.83 bits per heavy atom. The van der Waals surface area contributed by atoms with Gasteiger partial charge in [0.15, 0.2) is 0 Å². The summed E-state index contributed by atoms with van der Waals surface area (Å²) in [6.07, 6.45) is 0.580. The molecule has 29 heavy (non-hydrogen) atoms. The van der Waals surface area contributed by atoms with Crippen LogP contribution in [0.3, 0.4) is 0 Å². The van der Waals surface area contributed by atoms with Crippen molar-refractivity contribution in [3.8, 4) is 0 Å². The molecule has 2 N–H and O–H groups in total. The summed E-state index contributed by atoms with van der Waals surface area (Å²) >= 11 is 5.68. The van der Waals surface area contributed by atoms with Gasteiger partial charge in [-0.3, -0.25) is 4.79 Å². The average Bonchev–Trinajstić information content (AvgIpc) is 2.90. The fraction of sp³-hybridized carbons (Fsp3) is 0.316. The maximum atomic E-state index is 14.3. The third-order valence-electron chi connectivity index (χ3n) is 4.65. The molecular weight excluding hydrogens is 426 g/mol. The summed E-state index contributed by atoms with van der Waals surface area (Å²) in [5, 5.41) is 12.0. The standard InChI is InChI=1S/C19H19ClF2N2O4S/c20-15-11-13(4-6-16(15)21)23-19(26)12-3-5-17(22)18(10-12)29(27,28)24-8-1-2-14(25)7-9-24/h3-6,10-11,14,25H,1-2,7-9H2,(H,23,26)/t14-/m1/s1. The van der Waals surface area contributed by atoms with Crippen molar-refractivity contribution in [2.75, 3.05) is 18.4 Å². The van der Waals surface area contributed by atoms with E-state index in [-0.39, 0.29) is 35.8 Å². The Labute approximate surface area is 172 Å². The van der Waals surface area contributed by atoms with Gasteiger partial charge in [-0.25, -0.2) is 17.2 Å². The van der Waals surface area contributed by atoms with Gasteiger partial charge < -0.3 is 10.4 Å². The van der Waals surface area contributed by atoms with Crippen LogP contribution in [-0.4, -0.2) is 42.9 Å². The lowest BCUT2D eigenvalue weighted by Gasteiger charge is -2.20. The van der Waals surface area contributed by atoms with Crippen LogP contribution in [0.2, 0.25) is 5.02 Å². The predicted octanol–water partition coefficient (Wildman–Crippen LogP) is 3.41. The van der Waals surface area contributed by atoms with Gasteiger partial charge >= 0.3 is 0 Å². The number of aliphatic hydroxyl groups is 1. The number of rotatable bonds is 4. The van der Waals surface area contributed by atoms with Crippen molar-refractivity contribution in [3.05, 3.63) is 58.6 Å². The number of nitrogens with one attached hydrogen (secondary N) is 1. The number of carbonyl (C=O) groups excluding carboxylic acids is 1. The molecule has 2 aromatic rings. The lowest BCUT2D eigenvalue weighted by molar-refractivity contribution is 0.102. The number of hydrogen-bond acceptors (Lipinski definition) is 4. The largest absolute Gasteiger partial charge is 0.393 e. The Morgan fingerprint density at radius 3 is 2.55 bits per heavy atom. The van der Waals surface area contributed by atoms with E-state index in [1.165, 1.54) is 12.1 Å². The second-order valence-electron chi connectivity index (χ2n) is 6.72. The molecule has 10 heteroatoms. The van der Waals surface area contributed by atoms with Crippen LogP contribution in [0.15, 0.2) is 41.3 Å². The van der Waals surface area contributed by atoms with E-state index in [0.717, 1.165) is 28.6 Å². The molecule has 0 aromatic heterocycles. The van der Waals surface area contributed by atoms with Gasteiger partial charge in [-0.1, -0.05) is 11.6 Å². The first kappa shape index (κ1) is 21.6. The average molecular weight is 445 g/mol. The quantitative estimate of drug-likeness (QED) is 0.756. The summed E-state index contributed by atoms with van der Waals surface area (Å²) < 4.78 is 54.5. The van der Waals surface area contributed by atoms with Crippen LogP contribution < -0.4 is 5.32 Å². The number of halogens is 3. The second-order valence-corrected chi connectivity index (χ2v) is 9.03. The van der Waals surface area contributed by atoms with Crippen LogP contribution in [0.25, 0.3) is 0 Å². The minimum Gasteiger partial charge on any atom is -0.393 e. The molecule has 0 radical (unpaired) electrons. The molecule has 1 aliphatic heterocycles. The molecule has 1 atom stereocenters. The summed E-state index contributed by atoms with van der Waals surface area (Å²) in [4.78, 5) is 11.9. The Kier molecular flexibility index (Phi) is 6.52. The zero-order chi connectivity index (χ0) is 21.2. The highest BCUT2D eigenvalue weighted by molar-refractivity contribution is 7.89. The van der Waals surface area contributed by atoms with Gasteiger partial charge in [-0.2, -0.15) is 4.31 Å². The monoisotopic (exact) mass is 444 g/mol. The smallest absolute Gasteiger partial charge is 0.255 e. The van der Waals surface area contributed by atoms with Crippen molar-refractivity contribution in [2.24, 2.45) is 0 Å². The Morgan fingerprint density at radius 1 is 1.10 bits per heavy atom. The first-order chi connectivity index (χ1) is 13.7. The highest BCUT2D eigenvalue weighted by atomic mass is 35.5. The Bertz CT molecular complexity index is 1030. The molecule has 1 heterocycles. The van der Waals surface area contributed by atoms with Crippen molar-refractivity contribution in [2.45, 2.75) is 30.3 Å². The molecule has 156 valence electrons. The van der Waals surface area contributed by atoms with Gasteiger partial charge in [-0.05, 0) is 55.7 Å². The molecule has 1 amide bonds. The molecule has 0 bridgehead atoms. The lowest BCUT2D eigenvalue weighted by atomic mass is 10.2. The predicted molar refractivity (Wildman–Crippen MR) is 104 cm³/mol. The first-order valence-corrected chi connectivity index (χ1v) is 10.7. The maximum absolute atomic E-state index is 14.3. The van der Waals surface area contributed by atoms with E-state index in [2.05, 4.69) is 5.32 Å². The first-order valence-electron chi connectivity index (χ1n) is 8.92. The van der Waals surface area contributed by atoms with Crippen molar-refractivity contribution < 1.29 is 27.1 Å². The molecule has 1 fully saturated rings. The van der Waals surface area contributed by atoms with Crippen molar-refractivity contribution >= 4 is 33.2 Å². The SMILES string of the molecule is O=C(Nc1ccc(F)c(Cl)c1)c1ccc(F)c(S(=O)(=O)N2CCC[C@@H](O)CC2)c1. The zero-order valence-electron chi connectivity index (χ0n) is 15.2. The summed E-state index contributed by atoms with van der Waals surface area (Å²) in [7, 11) is -4.18. The van der Waals surface area contributed by atoms with Gasteiger partial charge in [0.05, 0.1) is 11.1 Å². The van der Waals surface area contributed by atoms with Crippen molar-refractivity contribution in [1.82, 2.24) is 4.31 Å². The molecule has 0 spiro atoms. The number of anilines is 1. The van der Waals surface area contributed by atoms with Crippen molar-refractivity contribution in [3.63, 3.8) is 0 Å². The molecule has 0 unspecified atom stereocenters. The molecule has 1 saturated heterocycles. The third kappa shape index (κ3) is 4.92. The van der Waals surface area contributed by atoms with Crippen LogP contribution in [0, 0.1) is 11.6 Å². The van der Waals surface area contributed by atoms with E-state index in [0.29, 0.717) is 12.8 Å².